The van der Waals surface area contributed by atoms with E-state index in [-0.39, 0.29) is 5.60 Å². The number of nitrogens with zero attached hydrogens (tertiary/aromatic N) is 2. The molecule has 2 aromatic heterocycles. The Kier molecular flexibility index (Phi) is 4.73. The first kappa shape index (κ1) is 18.9. The molecule has 1 unspecified atom stereocenters. The number of rotatable bonds is 4. The van der Waals surface area contributed by atoms with Gasteiger partial charge in [-0.25, -0.2) is 9.97 Å². The molecule has 4 nitrogen and oxygen atoms in total. The van der Waals surface area contributed by atoms with E-state index in [1.807, 2.05) is 0 Å². The van der Waals surface area contributed by atoms with Crippen LogP contribution in [0.5, 0.6) is 0 Å². The molecule has 0 radical (unpaired) electrons. The summed E-state index contributed by atoms with van der Waals surface area (Å²) in [5, 5.41) is 4.28. The number of fused-ring (bicyclic) bond motifs is 4. The third-order valence-corrected chi connectivity index (χ3v) is 7.79. The van der Waals surface area contributed by atoms with Gasteiger partial charge in [0.15, 0.2) is 5.16 Å². The molecular weight excluding hydrogens is 398 g/mol. The fourth-order valence-corrected chi connectivity index (χ4v) is 5.81. The summed E-state index contributed by atoms with van der Waals surface area (Å²) in [4.78, 5) is 11.7. The summed E-state index contributed by atoms with van der Waals surface area (Å²) in [6, 6.07) is 15.0. The van der Waals surface area contributed by atoms with Crippen molar-refractivity contribution in [3.05, 3.63) is 58.5 Å². The van der Waals surface area contributed by atoms with Gasteiger partial charge in [-0.2, -0.15) is 0 Å². The number of thiophene rings is 1. The fourth-order valence-electron chi connectivity index (χ4n) is 3.85. The van der Waals surface area contributed by atoms with Crippen molar-refractivity contribution in [1.82, 2.24) is 9.97 Å². The quantitative estimate of drug-likeness (QED) is 0.325. The summed E-state index contributed by atoms with van der Waals surface area (Å²) in [6.07, 6.45) is 1.85. The number of hydrogen-bond acceptors (Lipinski definition) is 6. The molecular formula is C23H23N3OS2. The highest BCUT2D eigenvalue weighted by Crippen LogP contribution is 2.41. The van der Waals surface area contributed by atoms with Crippen LogP contribution in [0, 0.1) is 0 Å². The number of nitrogens with two attached hydrogens (primary N) is 1. The maximum Gasteiger partial charge on any atom is 0.191 e. The van der Waals surface area contributed by atoms with Gasteiger partial charge in [0.05, 0.1) is 17.6 Å². The first-order valence-corrected chi connectivity index (χ1v) is 11.7. The van der Waals surface area contributed by atoms with Gasteiger partial charge in [-0.3, -0.25) is 0 Å². The number of thioether (sulfide) groups is 1. The number of aromatic nitrogens is 2. The predicted octanol–water partition coefficient (Wildman–Crippen LogP) is 5.96. The largest absolute Gasteiger partial charge is 0.383 e. The second kappa shape index (κ2) is 7.27. The highest BCUT2D eigenvalue weighted by molar-refractivity contribution is 7.98. The Hall–Kier alpha value is -2.15. The standard InChI is InChI=1S/C23H23N3OS2/c1-3-23(2)11-17-18(12-27-23)29-21-19(17)20(24)25-22(26-21)28-13-14-8-9-15-6-4-5-7-16(15)10-14/h4-10H,3,11-13H2,1-2H3,(H2,24,25,26). The lowest BCUT2D eigenvalue weighted by Crippen LogP contribution is -2.33. The first-order chi connectivity index (χ1) is 14.0. The number of benzene rings is 2. The maximum absolute atomic E-state index is 6.40. The second-order valence-corrected chi connectivity index (χ2v) is 9.84. The van der Waals surface area contributed by atoms with E-state index in [9.17, 15) is 0 Å². The van der Waals surface area contributed by atoms with E-state index >= 15 is 0 Å². The van der Waals surface area contributed by atoms with E-state index in [1.165, 1.54) is 26.8 Å². The molecule has 1 aliphatic heterocycles. The molecule has 6 heteroatoms. The molecule has 2 N–H and O–H groups in total. The lowest BCUT2D eigenvalue weighted by atomic mass is 9.90. The Balaban J connectivity index is 1.42. The summed E-state index contributed by atoms with van der Waals surface area (Å²) < 4.78 is 6.10. The normalized spacial score (nSPS) is 19.0. The van der Waals surface area contributed by atoms with Crippen molar-refractivity contribution in [2.24, 2.45) is 0 Å². The van der Waals surface area contributed by atoms with Gasteiger partial charge in [-0.1, -0.05) is 61.2 Å². The summed E-state index contributed by atoms with van der Waals surface area (Å²) in [6.45, 7) is 4.98. The van der Waals surface area contributed by atoms with Gasteiger partial charge in [0.25, 0.3) is 0 Å². The first-order valence-electron chi connectivity index (χ1n) is 9.87. The molecule has 0 saturated carbocycles. The van der Waals surface area contributed by atoms with Crippen molar-refractivity contribution < 1.29 is 4.74 Å². The Morgan fingerprint density at radius 1 is 1.17 bits per heavy atom. The van der Waals surface area contributed by atoms with Gasteiger partial charge >= 0.3 is 0 Å². The van der Waals surface area contributed by atoms with E-state index in [2.05, 4.69) is 61.3 Å². The molecule has 0 aliphatic carbocycles. The summed E-state index contributed by atoms with van der Waals surface area (Å²) in [5.41, 5.74) is 8.81. The zero-order valence-corrected chi connectivity index (χ0v) is 18.2. The molecule has 1 aliphatic rings. The second-order valence-electron chi connectivity index (χ2n) is 7.81. The highest BCUT2D eigenvalue weighted by atomic mass is 32.2. The topological polar surface area (TPSA) is 61.0 Å². The van der Waals surface area contributed by atoms with Crippen molar-refractivity contribution in [3.63, 3.8) is 0 Å². The Labute approximate surface area is 178 Å². The minimum Gasteiger partial charge on any atom is -0.383 e. The van der Waals surface area contributed by atoms with Crippen molar-refractivity contribution in [3.8, 4) is 0 Å². The third-order valence-electron chi connectivity index (χ3n) is 5.77. The number of nitrogen functional groups attached to an aromatic ring is 1. The average molecular weight is 422 g/mol. The molecule has 4 aromatic rings. The maximum atomic E-state index is 6.40. The van der Waals surface area contributed by atoms with Crippen molar-refractivity contribution in [1.29, 1.82) is 0 Å². The Morgan fingerprint density at radius 3 is 2.83 bits per heavy atom. The van der Waals surface area contributed by atoms with E-state index < -0.39 is 0 Å². The number of ether oxygens (including phenoxy) is 1. The smallest absolute Gasteiger partial charge is 0.191 e. The molecule has 0 bridgehead atoms. The van der Waals surface area contributed by atoms with Crippen LogP contribution in [-0.4, -0.2) is 15.6 Å². The predicted molar refractivity (Wildman–Crippen MR) is 123 cm³/mol. The van der Waals surface area contributed by atoms with Crippen LogP contribution in [0.25, 0.3) is 21.0 Å². The van der Waals surface area contributed by atoms with Crippen LogP contribution in [0.2, 0.25) is 0 Å². The Bertz CT molecular complexity index is 1220. The molecule has 148 valence electrons. The van der Waals surface area contributed by atoms with Crippen LogP contribution in [0.4, 0.5) is 5.82 Å². The average Bonchev–Trinajstić information content (AvgIpc) is 3.10. The minimum atomic E-state index is -0.128. The third kappa shape index (κ3) is 3.50. The van der Waals surface area contributed by atoms with Crippen LogP contribution in [-0.2, 0) is 23.5 Å². The fraction of sp³-hybridized carbons (Fsp3) is 0.304. The molecule has 2 aromatic carbocycles. The minimum absolute atomic E-state index is 0.128. The zero-order chi connectivity index (χ0) is 20.0. The van der Waals surface area contributed by atoms with Crippen molar-refractivity contribution >= 4 is 49.9 Å². The van der Waals surface area contributed by atoms with Crippen molar-refractivity contribution in [2.45, 2.75) is 49.8 Å². The molecule has 5 rings (SSSR count). The number of anilines is 1. The van der Waals surface area contributed by atoms with E-state index in [0.29, 0.717) is 12.4 Å². The summed E-state index contributed by atoms with van der Waals surface area (Å²) in [7, 11) is 0. The van der Waals surface area contributed by atoms with Crippen LogP contribution in [0.1, 0.15) is 36.3 Å². The molecule has 3 heterocycles. The van der Waals surface area contributed by atoms with Gasteiger partial charge in [-0.15, -0.1) is 11.3 Å². The lowest BCUT2D eigenvalue weighted by molar-refractivity contribution is -0.0542. The lowest BCUT2D eigenvalue weighted by Gasteiger charge is -2.33. The summed E-state index contributed by atoms with van der Waals surface area (Å²) in [5.74, 6) is 1.41. The molecule has 29 heavy (non-hydrogen) atoms. The molecule has 1 atom stereocenters. The van der Waals surface area contributed by atoms with Crippen LogP contribution in [0.15, 0.2) is 47.6 Å². The summed E-state index contributed by atoms with van der Waals surface area (Å²) >= 11 is 3.33. The van der Waals surface area contributed by atoms with Crippen LogP contribution < -0.4 is 5.73 Å². The molecule has 0 saturated heterocycles. The molecule has 0 amide bonds. The van der Waals surface area contributed by atoms with Gasteiger partial charge in [-0.05, 0) is 35.2 Å². The van der Waals surface area contributed by atoms with Crippen molar-refractivity contribution in [2.75, 3.05) is 5.73 Å². The zero-order valence-electron chi connectivity index (χ0n) is 16.6. The molecule has 0 fully saturated rings. The monoisotopic (exact) mass is 421 g/mol. The van der Waals surface area contributed by atoms with E-state index in [4.69, 9.17) is 15.5 Å². The van der Waals surface area contributed by atoms with Crippen LogP contribution >= 0.6 is 23.1 Å². The van der Waals surface area contributed by atoms with E-state index in [1.54, 1.807) is 23.1 Å². The Morgan fingerprint density at radius 2 is 2.00 bits per heavy atom. The van der Waals surface area contributed by atoms with Gasteiger partial charge < -0.3 is 10.5 Å². The van der Waals surface area contributed by atoms with Gasteiger partial charge in [0, 0.05) is 17.1 Å². The SMILES string of the molecule is CCC1(C)Cc2c(sc3nc(SCc4ccc5ccccc5c4)nc(N)c23)CO1. The van der Waals surface area contributed by atoms with Gasteiger partial charge in [0.1, 0.15) is 10.6 Å². The highest BCUT2D eigenvalue weighted by Gasteiger charge is 2.32. The van der Waals surface area contributed by atoms with E-state index in [0.717, 1.165) is 34.0 Å². The van der Waals surface area contributed by atoms with Crippen LogP contribution in [0.3, 0.4) is 0 Å². The van der Waals surface area contributed by atoms with Gasteiger partial charge in [0.2, 0.25) is 0 Å². The molecule has 0 spiro atoms. The number of hydrogen-bond donors (Lipinski definition) is 1.